The van der Waals surface area contributed by atoms with E-state index in [4.69, 9.17) is 38.9 Å². The molecular formula is C40H30Cl2N8. The highest BCUT2D eigenvalue weighted by Gasteiger charge is 2.15. The van der Waals surface area contributed by atoms with Crippen LogP contribution in [0.1, 0.15) is 22.9 Å². The first-order valence-electron chi connectivity index (χ1n) is 15.9. The molecule has 0 spiro atoms. The molecule has 10 heteroatoms. The third kappa shape index (κ3) is 7.58. The predicted molar refractivity (Wildman–Crippen MR) is 202 cm³/mol. The molecule has 244 valence electrons. The van der Waals surface area contributed by atoms with Crippen molar-refractivity contribution in [2.24, 2.45) is 5.73 Å². The zero-order valence-electron chi connectivity index (χ0n) is 26.7. The van der Waals surface area contributed by atoms with Crippen molar-refractivity contribution in [2.45, 2.75) is 12.6 Å². The number of nitrogens with two attached hydrogens (primary N) is 1. The molecule has 8 rings (SSSR count). The van der Waals surface area contributed by atoms with Gasteiger partial charge in [0.15, 0.2) is 16.1 Å². The van der Waals surface area contributed by atoms with Crippen LogP contribution in [-0.4, -0.2) is 29.9 Å². The topological polar surface area (TPSA) is 115 Å². The van der Waals surface area contributed by atoms with E-state index >= 15 is 0 Å². The minimum Gasteiger partial charge on any atom is -0.363 e. The van der Waals surface area contributed by atoms with Gasteiger partial charge in [0, 0.05) is 53.2 Å². The van der Waals surface area contributed by atoms with E-state index in [0.717, 1.165) is 55.4 Å². The van der Waals surface area contributed by atoms with Crippen molar-refractivity contribution >= 4 is 50.8 Å². The Balaban J connectivity index is 0.000000157. The fraction of sp³-hybridized carbons (Fsp3) is 0.0500. The fourth-order valence-corrected chi connectivity index (χ4v) is 5.86. The number of fused-ring (bicyclic) bond motifs is 2. The van der Waals surface area contributed by atoms with Crippen molar-refractivity contribution in [3.05, 3.63) is 173 Å². The summed E-state index contributed by atoms with van der Waals surface area (Å²) in [6.45, 7) is 0.603. The molecule has 0 aliphatic carbocycles. The average molecular weight is 694 g/mol. The van der Waals surface area contributed by atoms with Gasteiger partial charge in [-0.2, -0.15) is 0 Å². The van der Waals surface area contributed by atoms with Gasteiger partial charge in [-0.05, 0) is 35.4 Å². The van der Waals surface area contributed by atoms with Crippen molar-refractivity contribution in [1.82, 2.24) is 29.9 Å². The molecule has 0 saturated carbocycles. The average Bonchev–Trinajstić information content (AvgIpc) is 3.17. The lowest BCUT2D eigenvalue weighted by molar-refractivity contribution is 0.819. The summed E-state index contributed by atoms with van der Waals surface area (Å²) < 4.78 is 0. The zero-order chi connectivity index (χ0) is 34.3. The molecule has 8 nitrogen and oxygen atoms in total. The van der Waals surface area contributed by atoms with Gasteiger partial charge in [-0.3, -0.25) is 4.98 Å². The van der Waals surface area contributed by atoms with Crippen LogP contribution in [0, 0.1) is 0 Å². The molecule has 0 radical (unpaired) electrons. The van der Waals surface area contributed by atoms with Gasteiger partial charge in [0.05, 0.1) is 34.2 Å². The molecule has 1 unspecified atom stereocenters. The van der Waals surface area contributed by atoms with Crippen molar-refractivity contribution in [1.29, 1.82) is 0 Å². The molecule has 1 atom stereocenters. The zero-order valence-corrected chi connectivity index (χ0v) is 28.2. The second kappa shape index (κ2) is 15.2. The first-order chi connectivity index (χ1) is 24.5. The molecule has 0 saturated heterocycles. The van der Waals surface area contributed by atoms with Gasteiger partial charge >= 0.3 is 0 Å². The second-order valence-corrected chi connectivity index (χ2v) is 12.1. The maximum atomic E-state index is 6.34. The van der Waals surface area contributed by atoms with Crippen LogP contribution in [0.25, 0.3) is 44.3 Å². The number of hydrogen-bond donors (Lipinski definition) is 2. The summed E-state index contributed by atoms with van der Waals surface area (Å²) >= 11 is 12.1. The minimum atomic E-state index is -0.451. The van der Waals surface area contributed by atoms with Gasteiger partial charge in [-0.1, -0.05) is 120 Å². The lowest BCUT2D eigenvalue weighted by Crippen LogP contribution is -2.14. The molecule has 0 fully saturated rings. The summed E-state index contributed by atoms with van der Waals surface area (Å²) in [5.74, 6) is 0.579. The Morgan fingerprint density at radius 1 is 0.560 bits per heavy atom. The number of pyridine rings is 2. The van der Waals surface area contributed by atoms with Crippen LogP contribution in [0.4, 0.5) is 5.82 Å². The monoisotopic (exact) mass is 692 g/mol. The SMILES string of the molecule is Clc1nccnc1NCc1ccc2ccc(-c3ccccc3)nc2c1.NC(c1ccc2ccc(-c3ccccc3)nc2c1)c1nccnc1Cl. The number of anilines is 1. The number of nitrogens with one attached hydrogen (secondary N) is 1. The van der Waals surface area contributed by atoms with Crippen molar-refractivity contribution < 1.29 is 0 Å². The summed E-state index contributed by atoms with van der Waals surface area (Å²) in [6, 6.07) is 40.3. The third-order valence-corrected chi connectivity index (χ3v) is 8.63. The van der Waals surface area contributed by atoms with Crippen LogP contribution in [0.5, 0.6) is 0 Å². The molecule has 0 bridgehead atoms. The quantitative estimate of drug-likeness (QED) is 0.170. The molecule has 0 aliphatic heterocycles. The Morgan fingerprint density at radius 3 is 1.72 bits per heavy atom. The van der Waals surface area contributed by atoms with Crippen LogP contribution in [0.2, 0.25) is 10.3 Å². The minimum absolute atomic E-state index is 0.320. The van der Waals surface area contributed by atoms with E-state index in [1.54, 1.807) is 24.8 Å². The summed E-state index contributed by atoms with van der Waals surface area (Å²) in [6.07, 6.45) is 6.32. The lowest BCUT2D eigenvalue weighted by Gasteiger charge is -2.13. The Hall–Kier alpha value is -5.80. The number of nitrogens with zero attached hydrogens (tertiary/aromatic N) is 6. The molecule has 4 heterocycles. The highest BCUT2D eigenvalue weighted by atomic mass is 35.5. The van der Waals surface area contributed by atoms with E-state index < -0.39 is 6.04 Å². The summed E-state index contributed by atoms with van der Waals surface area (Å²) in [5.41, 5.74) is 14.8. The first-order valence-corrected chi connectivity index (χ1v) is 16.6. The van der Waals surface area contributed by atoms with E-state index in [9.17, 15) is 0 Å². The van der Waals surface area contributed by atoms with Crippen LogP contribution in [-0.2, 0) is 6.54 Å². The smallest absolute Gasteiger partial charge is 0.171 e. The summed E-state index contributed by atoms with van der Waals surface area (Å²) in [4.78, 5) is 26.1. The van der Waals surface area contributed by atoms with E-state index in [1.807, 2.05) is 72.8 Å². The Bertz CT molecular complexity index is 2390. The van der Waals surface area contributed by atoms with Crippen molar-refractivity contribution in [2.75, 3.05) is 5.32 Å². The van der Waals surface area contributed by atoms with Crippen LogP contribution >= 0.6 is 23.2 Å². The molecule has 4 aromatic heterocycles. The normalized spacial score (nSPS) is 11.5. The van der Waals surface area contributed by atoms with Gasteiger partial charge in [0.2, 0.25) is 0 Å². The van der Waals surface area contributed by atoms with E-state index in [2.05, 4.69) is 73.8 Å². The molecule has 0 aliphatic rings. The molecule has 3 N–H and O–H groups in total. The van der Waals surface area contributed by atoms with Gasteiger partial charge in [-0.25, -0.2) is 24.9 Å². The standard InChI is InChI=1S/2C20H15ClN4/c21-19-20(23-11-10-22-19)24-13-14-6-7-16-8-9-17(25-18(16)12-14)15-4-2-1-3-5-15;21-20-19(23-10-11-24-20)18(22)15-7-6-14-8-9-16(25-17(14)12-15)13-4-2-1-3-5-13/h1-12H,13H2,(H,23,24);1-12,18H,22H2. The fourth-order valence-electron chi connectivity index (χ4n) is 5.46. The predicted octanol–water partition coefficient (Wildman–Crippen LogP) is 9.35. The molecular weight excluding hydrogens is 663 g/mol. The first kappa shape index (κ1) is 32.7. The van der Waals surface area contributed by atoms with Gasteiger partial charge in [0.1, 0.15) is 0 Å². The van der Waals surface area contributed by atoms with Gasteiger partial charge in [0.25, 0.3) is 0 Å². The number of hydrogen-bond acceptors (Lipinski definition) is 8. The maximum absolute atomic E-state index is 6.34. The Labute approximate surface area is 299 Å². The number of halogens is 2. The second-order valence-electron chi connectivity index (χ2n) is 11.4. The van der Waals surface area contributed by atoms with Crippen molar-refractivity contribution in [3.8, 4) is 22.5 Å². The van der Waals surface area contributed by atoms with Gasteiger partial charge < -0.3 is 11.1 Å². The maximum Gasteiger partial charge on any atom is 0.171 e. The number of benzene rings is 4. The van der Waals surface area contributed by atoms with Gasteiger partial charge in [-0.15, -0.1) is 0 Å². The Kier molecular flexibility index (Phi) is 9.93. The largest absolute Gasteiger partial charge is 0.363 e. The number of aromatic nitrogens is 6. The molecule has 4 aromatic carbocycles. The summed E-state index contributed by atoms with van der Waals surface area (Å²) in [5, 5.41) is 6.06. The van der Waals surface area contributed by atoms with E-state index in [-0.39, 0.29) is 0 Å². The highest BCUT2D eigenvalue weighted by molar-refractivity contribution is 6.31. The van der Waals surface area contributed by atoms with Crippen LogP contribution in [0.3, 0.4) is 0 Å². The van der Waals surface area contributed by atoms with Crippen LogP contribution < -0.4 is 11.1 Å². The molecule has 0 amide bonds. The third-order valence-electron chi connectivity index (χ3n) is 8.06. The van der Waals surface area contributed by atoms with Crippen molar-refractivity contribution in [3.63, 3.8) is 0 Å². The number of rotatable bonds is 7. The molecule has 8 aromatic rings. The highest BCUT2D eigenvalue weighted by Crippen LogP contribution is 2.27. The molecule has 50 heavy (non-hydrogen) atoms. The van der Waals surface area contributed by atoms with E-state index in [0.29, 0.717) is 28.4 Å². The van der Waals surface area contributed by atoms with E-state index in [1.165, 1.54) is 0 Å². The Morgan fingerprint density at radius 2 is 1.10 bits per heavy atom. The summed E-state index contributed by atoms with van der Waals surface area (Å²) in [7, 11) is 0. The van der Waals surface area contributed by atoms with Crippen LogP contribution in [0.15, 0.2) is 146 Å². The lowest BCUT2D eigenvalue weighted by atomic mass is 10.0.